The Hall–Kier alpha value is -6.79. The molecule has 0 spiro atoms. The number of rotatable bonds is 16. The fourth-order valence-electron chi connectivity index (χ4n) is 10.7. The van der Waals surface area contributed by atoms with Gasteiger partial charge in [0, 0.05) is 68.7 Å². The van der Waals surface area contributed by atoms with Gasteiger partial charge in [0.05, 0.1) is 34.2 Å². The summed E-state index contributed by atoms with van der Waals surface area (Å²) in [7, 11) is 0. The number of fused-ring (bicyclic) bond motifs is 1. The molecule has 3 saturated heterocycles. The Bertz CT molecular complexity index is 3120. The number of ether oxygens (including phenoxy) is 1. The molecule has 4 heterocycles. The zero-order valence-corrected chi connectivity index (χ0v) is 45.9. The number of hydrogen-bond donors (Lipinski definition) is 2. The molecule has 17 heteroatoms. The van der Waals surface area contributed by atoms with Gasteiger partial charge in [-0.05, 0) is 135 Å². The first-order valence-electron chi connectivity index (χ1n) is 27.0. The molecule has 3 fully saturated rings. The number of piperidine rings is 1. The van der Waals surface area contributed by atoms with E-state index in [9.17, 15) is 32.3 Å². The van der Waals surface area contributed by atoms with Crippen molar-refractivity contribution in [3.63, 3.8) is 0 Å². The van der Waals surface area contributed by atoms with Crippen molar-refractivity contribution in [2.75, 3.05) is 58.9 Å². The number of aryl methyl sites for hydroxylation is 1. The molecule has 13 nitrogen and oxygen atoms in total. The summed E-state index contributed by atoms with van der Waals surface area (Å²) in [5.41, 5.74) is 6.28. The lowest BCUT2D eigenvalue weighted by Gasteiger charge is -2.38. The van der Waals surface area contributed by atoms with E-state index in [4.69, 9.17) is 4.74 Å². The maximum absolute atomic E-state index is 14.2. The predicted molar refractivity (Wildman–Crippen MR) is 299 cm³/mol. The number of benzene rings is 5. The van der Waals surface area contributed by atoms with Crippen LogP contribution < -0.4 is 15.4 Å². The summed E-state index contributed by atoms with van der Waals surface area (Å²) in [4.78, 5) is 73.5. The lowest BCUT2D eigenvalue weighted by molar-refractivity contribution is -0.137. The van der Waals surface area contributed by atoms with Crippen molar-refractivity contribution >= 4 is 51.4 Å². The van der Waals surface area contributed by atoms with Gasteiger partial charge in [-0.3, -0.25) is 29.0 Å². The highest BCUT2D eigenvalue weighted by molar-refractivity contribution is 7.13. The molecule has 6 aromatic rings. The van der Waals surface area contributed by atoms with Crippen LogP contribution in [0.3, 0.4) is 0 Å². The first-order valence-corrected chi connectivity index (χ1v) is 27.9. The first kappa shape index (κ1) is 55.9. The van der Waals surface area contributed by atoms with Crippen LogP contribution in [0, 0.1) is 18.3 Å². The van der Waals surface area contributed by atoms with Gasteiger partial charge in [0.1, 0.15) is 23.3 Å². The molecule has 78 heavy (non-hydrogen) atoms. The molecule has 0 unspecified atom stereocenters. The topological polar surface area (TPSA) is 140 Å². The Kier molecular flexibility index (Phi) is 17.6. The fourth-order valence-corrected chi connectivity index (χ4v) is 11.5. The third-order valence-corrected chi connectivity index (χ3v) is 16.1. The average Bonchev–Trinajstić information content (AvgIpc) is 4.11. The third kappa shape index (κ3) is 14.1. The minimum atomic E-state index is -4.43. The molecule has 2 N–H and O–H groups in total. The second kappa shape index (κ2) is 24.5. The Morgan fingerprint density at radius 1 is 0.795 bits per heavy atom. The summed E-state index contributed by atoms with van der Waals surface area (Å²) in [6, 6.07) is 30.7. The number of aliphatic imine (C=N–C) groups is 1. The molecule has 0 radical (unpaired) electrons. The number of carbonyl (C=O) groups is 4. The van der Waals surface area contributed by atoms with Gasteiger partial charge in [-0.1, -0.05) is 81.4 Å². The summed E-state index contributed by atoms with van der Waals surface area (Å²) < 4.78 is 45.1. The molecule has 9 rings (SSSR count). The minimum absolute atomic E-state index is 0.137. The largest absolute Gasteiger partial charge is 0.457 e. The standard InChI is InChI=1S/C61H69F3N8O5S/c1-40(45-14-16-46(17-15-45)55-41(2)66-39-78-55)67-58(75)52-12-8-26-72(52)59(76)56(60(3,4)5)68-54(73)38-71-31-29-70(30-32-71)36-42-24-27-69(28-25-42)37-44-10-6-9-43(33-44)35-65-57(74)48-18-23-51-47(34-48)11-7-13-53(51)77-50-21-19-49(20-22-50)61(62,63)64/h6-7,9-11,13-23,33-34,39-40,42,52H,8,12,24-32,35-38H2,1-5H3,(H,65,74)(H,67,75)/t40-,52-/m0/s1. The van der Waals surface area contributed by atoms with Gasteiger partial charge in [0.25, 0.3) is 17.7 Å². The quantitative estimate of drug-likeness (QED) is 0.0907. The highest BCUT2D eigenvalue weighted by Gasteiger charge is 2.40. The fraction of sp³-hybridized carbons (Fsp3) is 0.410. The number of likely N-dealkylation sites (tertiary alicyclic amines) is 2. The van der Waals surface area contributed by atoms with E-state index in [1.807, 2.05) is 82.6 Å². The van der Waals surface area contributed by atoms with Crippen LogP contribution in [0.15, 0.2) is 120 Å². The number of amides is 4. The van der Waals surface area contributed by atoms with Gasteiger partial charge in [-0.2, -0.15) is 13.2 Å². The number of halogens is 3. The van der Waals surface area contributed by atoms with Crippen molar-refractivity contribution in [2.45, 2.75) is 91.7 Å². The number of carbonyl (C=O) groups excluding carboxylic acids is 4. The van der Waals surface area contributed by atoms with Crippen molar-refractivity contribution in [2.24, 2.45) is 16.3 Å². The van der Waals surface area contributed by atoms with Gasteiger partial charge < -0.3 is 25.2 Å². The van der Waals surface area contributed by atoms with Crippen molar-refractivity contribution < 1.29 is 37.1 Å². The Labute approximate surface area is 458 Å². The monoisotopic (exact) mass is 1080 g/mol. The van der Waals surface area contributed by atoms with Crippen LogP contribution in [-0.2, 0) is 33.6 Å². The number of nitrogens with zero attached hydrogens (tertiary/aromatic N) is 6. The van der Waals surface area contributed by atoms with E-state index in [1.54, 1.807) is 46.6 Å². The van der Waals surface area contributed by atoms with Crippen LogP contribution in [0.2, 0.25) is 0 Å². The lowest BCUT2D eigenvalue weighted by atomic mass is 9.88. The number of piperazine rings is 1. The Balaban J connectivity index is 0.692. The smallest absolute Gasteiger partial charge is 0.416 e. The number of alkyl halides is 3. The number of nitrogens with one attached hydrogen (secondary N) is 2. The summed E-state index contributed by atoms with van der Waals surface area (Å²) >= 11 is 1.60. The van der Waals surface area contributed by atoms with Gasteiger partial charge in [-0.15, -0.1) is 11.3 Å². The number of aromatic nitrogens is 1. The van der Waals surface area contributed by atoms with E-state index in [0.717, 1.165) is 115 Å². The van der Waals surface area contributed by atoms with Crippen LogP contribution >= 0.6 is 11.3 Å². The zero-order valence-electron chi connectivity index (χ0n) is 45.1. The molecule has 2 atom stereocenters. The van der Waals surface area contributed by atoms with Crippen molar-refractivity contribution in [3.8, 4) is 21.9 Å². The van der Waals surface area contributed by atoms with Crippen LogP contribution in [0.4, 0.5) is 13.2 Å². The first-order chi connectivity index (χ1) is 37.3. The van der Waals surface area contributed by atoms with Gasteiger partial charge in [0.15, 0.2) is 0 Å². The van der Waals surface area contributed by atoms with E-state index >= 15 is 0 Å². The molecule has 410 valence electrons. The maximum atomic E-state index is 14.2. The maximum Gasteiger partial charge on any atom is 0.416 e. The van der Waals surface area contributed by atoms with Crippen LogP contribution in [-0.4, -0.2) is 119 Å². The molecule has 3 aliphatic rings. The zero-order chi connectivity index (χ0) is 55.1. The molecule has 1 aromatic heterocycles. The Morgan fingerprint density at radius 2 is 1.50 bits per heavy atom. The second-order valence-corrected chi connectivity index (χ2v) is 22.8. The molecule has 3 aliphatic heterocycles. The molecule has 4 amide bonds. The van der Waals surface area contributed by atoms with Crippen LogP contribution in [0.25, 0.3) is 21.2 Å². The summed E-state index contributed by atoms with van der Waals surface area (Å²) in [6.45, 7) is 17.6. The van der Waals surface area contributed by atoms with E-state index < -0.39 is 23.2 Å². The molecule has 5 aromatic carbocycles. The number of hydrogen-bond acceptors (Lipinski definition) is 10. The van der Waals surface area contributed by atoms with Crippen molar-refractivity contribution in [3.05, 3.63) is 148 Å². The molecular formula is C61H69F3N8O5S. The minimum Gasteiger partial charge on any atom is -0.457 e. The Morgan fingerprint density at radius 3 is 2.19 bits per heavy atom. The highest BCUT2D eigenvalue weighted by atomic mass is 32.1. The van der Waals surface area contributed by atoms with Gasteiger partial charge in [-0.25, -0.2) is 9.98 Å². The lowest BCUT2D eigenvalue weighted by Crippen LogP contribution is -2.51. The van der Waals surface area contributed by atoms with Gasteiger partial charge in [0.2, 0.25) is 5.91 Å². The third-order valence-electron chi connectivity index (χ3n) is 15.2. The van der Waals surface area contributed by atoms with Crippen molar-refractivity contribution in [1.29, 1.82) is 0 Å². The highest BCUT2D eigenvalue weighted by Crippen LogP contribution is 2.35. The summed E-state index contributed by atoms with van der Waals surface area (Å²) in [5.74, 6) is 0.206. The average molecular weight is 1080 g/mol. The summed E-state index contributed by atoms with van der Waals surface area (Å²) in [6.07, 6.45) is -0.997. The summed E-state index contributed by atoms with van der Waals surface area (Å²) in [5, 5.41) is 7.68. The van der Waals surface area contributed by atoms with Crippen LogP contribution in [0.1, 0.15) is 97.7 Å². The molecule has 0 aliphatic carbocycles. The molecule has 0 bridgehead atoms. The van der Waals surface area contributed by atoms with E-state index in [0.29, 0.717) is 43.2 Å². The van der Waals surface area contributed by atoms with Crippen LogP contribution in [0.5, 0.6) is 11.5 Å². The van der Waals surface area contributed by atoms with Crippen molar-refractivity contribution in [1.82, 2.24) is 35.2 Å². The predicted octanol–water partition coefficient (Wildman–Crippen LogP) is 10.7. The normalized spacial score (nSPS) is 17.8. The second-order valence-electron chi connectivity index (χ2n) is 22.0. The van der Waals surface area contributed by atoms with Gasteiger partial charge >= 0.3 is 6.18 Å². The SMILES string of the molecule is Cc1ncsc1-c1ccc([C@H](C)NC(=O)[C@@H]2CCCN2C(=O)C(=NC(=O)CN2CCN(CC3CCN(Cc4cccc(CNC(=O)c5ccc6c(Oc7ccc(C(F)(F)F)cc7)cccc6c5)c4)CC3)CC2)C(C)(C)C)cc1. The number of thiazole rings is 1. The van der Waals surface area contributed by atoms with E-state index in [1.165, 1.54) is 17.7 Å². The molecule has 0 saturated carbocycles. The van der Waals surface area contributed by atoms with E-state index in [2.05, 4.69) is 47.4 Å². The van der Waals surface area contributed by atoms with E-state index in [-0.39, 0.29) is 47.7 Å². The molecular weight excluding hydrogens is 1010 g/mol.